The minimum Gasteiger partial charge on any atom is -0.478 e. The van der Waals surface area contributed by atoms with Gasteiger partial charge in [-0.3, -0.25) is 0 Å². The number of aliphatic hydroxyl groups excluding tert-OH is 2. The van der Waals surface area contributed by atoms with Gasteiger partial charge in [0, 0.05) is 0 Å². The fourth-order valence-electron chi connectivity index (χ4n) is 4.36. The summed E-state index contributed by atoms with van der Waals surface area (Å²) in [7, 11) is 0. The van der Waals surface area contributed by atoms with Crippen LogP contribution in [0.1, 0.15) is 143 Å². The van der Waals surface area contributed by atoms with Crippen LogP contribution in [0.2, 0.25) is 0 Å². The van der Waals surface area contributed by atoms with Crippen LogP contribution >= 0.6 is 0 Å². The molecule has 0 aliphatic carbocycles. The number of unbranched alkanes of at least 4 members (excludes halogenated alkanes) is 6. The molecule has 2 atom stereocenters. The highest BCUT2D eigenvalue weighted by molar-refractivity contribution is 5.87. The maximum Gasteiger partial charge on any atom is 0.335 e. The van der Waals surface area contributed by atoms with E-state index in [4.69, 9.17) is 10.2 Å². The van der Waals surface area contributed by atoms with Gasteiger partial charge in [0.05, 0.1) is 23.3 Å². The van der Waals surface area contributed by atoms with E-state index < -0.39 is 11.9 Å². The lowest BCUT2D eigenvalue weighted by molar-refractivity contribution is 0.0686. The first-order chi connectivity index (χ1) is 19.7. The molecule has 2 aromatic carbocycles. The first kappa shape index (κ1) is 38.3. The molecule has 0 saturated heterocycles. The first-order valence-electron chi connectivity index (χ1n) is 15.7. The Labute approximate surface area is 248 Å². The number of carbonyl (C=O) groups is 2. The Hall–Kier alpha value is -2.70. The number of hydrogen-bond donors (Lipinski definition) is 4. The van der Waals surface area contributed by atoms with Crippen molar-refractivity contribution < 1.29 is 30.0 Å². The van der Waals surface area contributed by atoms with E-state index in [1.54, 1.807) is 24.3 Å². The number of hydrogen-bond acceptors (Lipinski definition) is 4. The van der Waals surface area contributed by atoms with Gasteiger partial charge in [-0.25, -0.2) is 9.59 Å². The highest BCUT2D eigenvalue weighted by Gasteiger charge is 2.09. The van der Waals surface area contributed by atoms with E-state index in [0.717, 1.165) is 38.5 Å². The second-order valence-corrected chi connectivity index (χ2v) is 10.7. The maximum atomic E-state index is 10.6. The largest absolute Gasteiger partial charge is 0.478 e. The van der Waals surface area contributed by atoms with Gasteiger partial charge in [0.15, 0.2) is 0 Å². The standard InChI is InChI=1S/2C13H18O2.C9H20O2/c2*1-2-3-4-5-6-11-7-9-12(10-8-11)13(14)15;1-3-5-8(10)7-9(11)6-4-2/h2*7-10H,2-6H2,1H3,(H,14,15);8-11H,3-7H2,1-2H3. The SMILES string of the molecule is CCCC(O)CC(O)CCC.CCCCCCc1ccc(C(=O)O)cc1.CCCCCCc1ccc(C(=O)O)cc1. The minimum absolute atomic E-state index is 0.304. The Morgan fingerprint density at radius 2 is 0.878 bits per heavy atom. The molecule has 2 aromatic rings. The second kappa shape index (κ2) is 25.0. The molecule has 2 rings (SSSR count). The number of carboxylic acid groups (broad SMARTS) is 2. The van der Waals surface area contributed by atoms with E-state index >= 15 is 0 Å². The quantitative estimate of drug-likeness (QED) is 0.133. The zero-order chi connectivity index (χ0) is 30.9. The summed E-state index contributed by atoms with van der Waals surface area (Å²) in [6, 6.07) is 14.4. The van der Waals surface area contributed by atoms with Crippen molar-refractivity contribution >= 4 is 11.9 Å². The summed E-state index contributed by atoms with van der Waals surface area (Å²) >= 11 is 0. The Balaban J connectivity index is 0.000000595. The summed E-state index contributed by atoms with van der Waals surface area (Å²) < 4.78 is 0. The topological polar surface area (TPSA) is 115 Å². The minimum atomic E-state index is -0.854. The third kappa shape index (κ3) is 20.8. The van der Waals surface area contributed by atoms with Crippen LogP contribution in [0.15, 0.2) is 48.5 Å². The van der Waals surface area contributed by atoms with Gasteiger partial charge in [0.1, 0.15) is 0 Å². The molecular formula is C35H56O6. The summed E-state index contributed by atoms with van der Waals surface area (Å²) in [5.41, 5.74) is 3.20. The monoisotopic (exact) mass is 572 g/mol. The molecule has 0 aliphatic rings. The van der Waals surface area contributed by atoms with Crippen LogP contribution in [0.25, 0.3) is 0 Å². The number of benzene rings is 2. The Morgan fingerprint density at radius 1 is 0.537 bits per heavy atom. The van der Waals surface area contributed by atoms with E-state index in [-0.39, 0.29) is 12.2 Å². The molecule has 0 aromatic heterocycles. The number of rotatable bonds is 18. The van der Waals surface area contributed by atoms with Crippen molar-refractivity contribution in [2.45, 2.75) is 136 Å². The highest BCUT2D eigenvalue weighted by Crippen LogP contribution is 2.11. The van der Waals surface area contributed by atoms with Crippen molar-refractivity contribution in [2.75, 3.05) is 0 Å². The van der Waals surface area contributed by atoms with Crippen molar-refractivity contribution in [3.8, 4) is 0 Å². The number of aryl methyl sites for hydroxylation is 2. The van der Waals surface area contributed by atoms with Crippen molar-refractivity contribution in [1.29, 1.82) is 0 Å². The van der Waals surface area contributed by atoms with Crippen molar-refractivity contribution in [2.24, 2.45) is 0 Å². The number of aliphatic hydroxyl groups is 2. The van der Waals surface area contributed by atoms with Crippen LogP contribution in [0.3, 0.4) is 0 Å². The zero-order valence-corrected chi connectivity index (χ0v) is 26.0. The summed E-state index contributed by atoms with van der Waals surface area (Å²) in [5.74, 6) is -1.71. The molecule has 6 nitrogen and oxygen atoms in total. The van der Waals surface area contributed by atoms with E-state index in [1.165, 1.54) is 62.5 Å². The summed E-state index contributed by atoms with van der Waals surface area (Å²) in [4.78, 5) is 21.2. The van der Waals surface area contributed by atoms with Gasteiger partial charge < -0.3 is 20.4 Å². The van der Waals surface area contributed by atoms with Crippen molar-refractivity contribution in [3.63, 3.8) is 0 Å². The summed E-state index contributed by atoms with van der Waals surface area (Å²) in [6.07, 6.45) is 15.6. The van der Waals surface area contributed by atoms with Gasteiger partial charge in [-0.15, -0.1) is 0 Å². The molecule has 0 amide bonds. The van der Waals surface area contributed by atoms with Gasteiger partial charge >= 0.3 is 11.9 Å². The molecular weight excluding hydrogens is 516 g/mol. The van der Waals surface area contributed by atoms with Gasteiger partial charge in [0.2, 0.25) is 0 Å². The molecule has 232 valence electrons. The average molecular weight is 573 g/mol. The smallest absolute Gasteiger partial charge is 0.335 e. The Bertz CT molecular complexity index is 832. The third-order valence-corrected chi connectivity index (χ3v) is 6.83. The van der Waals surface area contributed by atoms with E-state index in [9.17, 15) is 19.8 Å². The van der Waals surface area contributed by atoms with Crippen LogP contribution in [0.4, 0.5) is 0 Å². The van der Waals surface area contributed by atoms with Crippen molar-refractivity contribution in [3.05, 3.63) is 70.8 Å². The molecule has 4 N–H and O–H groups in total. The molecule has 41 heavy (non-hydrogen) atoms. The fraction of sp³-hybridized carbons (Fsp3) is 0.600. The third-order valence-electron chi connectivity index (χ3n) is 6.83. The molecule has 0 spiro atoms. The van der Waals surface area contributed by atoms with Gasteiger partial charge in [-0.1, -0.05) is 103 Å². The number of aromatic carboxylic acids is 2. The molecule has 0 heterocycles. The van der Waals surface area contributed by atoms with Crippen LogP contribution in [0, 0.1) is 0 Å². The second-order valence-electron chi connectivity index (χ2n) is 10.7. The predicted molar refractivity (Wildman–Crippen MR) is 169 cm³/mol. The highest BCUT2D eigenvalue weighted by atomic mass is 16.4. The number of carboxylic acids is 2. The lowest BCUT2D eigenvalue weighted by Crippen LogP contribution is -2.16. The Morgan fingerprint density at radius 3 is 1.15 bits per heavy atom. The zero-order valence-electron chi connectivity index (χ0n) is 26.0. The molecule has 0 radical (unpaired) electrons. The summed E-state index contributed by atoms with van der Waals surface area (Å²) in [6.45, 7) is 8.47. The lowest BCUT2D eigenvalue weighted by Gasteiger charge is -2.13. The van der Waals surface area contributed by atoms with E-state index in [0.29, 0.717) is 17.5 Å². The van der Waals surface area contributed by atoms with Crippen LogP contribution in [-0.2, 0) is 12.8 Å². The first-order valence-corrected chi connectivity index (χ1v) is 15.7. The van der Waals surface area contributed by atoms with Crippen LogP contribution in [-0.4, -0.2) is 44.6 Å². The maximum absolute atomic E-state index is 10.6. The Kier molecular flexibility index (Phi) is 23.4. The molecule has 2 unspecified atom stereocenters. The van der Waals surface area contributed by atoms with Crippen molar-refractivity contribution in [1.82, 2.24) is 0 Å². The van der Waals surface area contributed by atoms with E-state index in [1.807, 2.05) is 38.1 Å². The fourth-order valence-corrected chi connectivity index (χ4v) is 4.36. The average Bonchev–Trinajstić information content (AvgIpc) is 2.95. The predicted octanol–water partition coefficient (Wildman–Crippen LogP) is 8.71. The molecule has 0 bridgehead atoms. The van der Waals surface area contributed by atoms with Gasteiger partial charge in [0.25, 0.3) is 0 Å². The molecule has 0 saturated carbocycles. The molecule has 0 aliphatic heterocycles. The van der Waals surface area contributed by atoms with Gasteiger partial charge in [-0.2, -0.15) is 0 Å². The normalized spacial score (nSPS) is 11.9. The van der Waals surface area contributed by atoms with Gasteiger partial charge in [-0.05, 0) is 80.3 Å². The summed E-state index contributed by atoms with van der Waals surface area (Å²) in [5, 5.41) is 36.0. The van der Waals surface area contributed by atoms with E-state index in [2.05, 4.69) is 13.8 Å². The molecule has 0 fully saturated rings. The van der Waals surface area contributed by atoms with Crippen LogP contribution < -0.4 is 0 Å². The molecule has 6 heteroatoms. The lowest BCUT2D eigenvalue weighted by atomic mass is 10.0. The van der Waals surface area contributed by atoms with Crippen LogP contribution in [0.5, 0.6) is 0 Å².